The van der Waals surface area contributed by atoms with Crippen LogP contribution in [0.25, 0.3) is 0 Å². The maximum Gasteiger partial charge on any atom is 0.0810 e. The van der Waals surface area contributed by atoms with E-state index in [1.165, 1.54) is 25.7 Å². The van der Waals surface area contributed by atoms with Crippen LogP contribution in [0.3, 0.4) is 0 Å². The molecule has 0 saturated heterocycles. The highest BCUT2D eigenvalue weighted by Crippen LogP contribution is 2.31. The largest absolute Gasteiger partial charge is 0.369 e. The number of benzene rings is 1. The van der Waals surface area contributed by atoms with Gasteiger partial charge >= 0.3 is 0 Å². The lowest BCUT2D eigenvalue weighted by molar-refractivity contribution is -0.0652. The van der Waals surface area contributed by atoms with Crippen molar-refractivity contribution in [3.63, 3.8) is 0 Å². The van der Waals surface area contributed by atoms with Crippen LogP contribution in [-0.4, -0.2) is 18.7 Å². The minimum atomic E-state index is -0.00825. The topological polar surface area (TPSA) is 21.3 Å². The third-order valence-electron chi connectivity index (χ3n) is 4.20. The van der Waals surface area contributed by atoms with Crippen LogP contribution in [0.2, 0.25) is 5.02 Å². The normalized spacial score (nSPS) is 18.7. The molecule has 0 bridgehead atoms. The lowest BCUT2D eigenvalue weighted by Gasteiger charge is -2.33. The van der Waals surface area contributed by atoms with Crippen LogP contribution in [0.5, 0.6) is 0 Å². The maximum absolute atomic E-state index is 6.37. The van der Waals surface area contributed by atoms with Crippen LogP contribution in [0.4, 0.5) is 0 Å². The lowest BCUT2D eigenvalue weighted by atomic mass is 9.94. The predicted octanol–water partition coefficient (Wildman–Crippen LogP) is 4.56. The number of rotatable bonds is 6. The zero-order valence-corrected chi connectivity index (χ0v) is 13.2. The molecule has 0 spiro atoms. The van der Waals surface area contributed by atoms with Crippen LogP contribution in [0, 0.1) is 0 Å². The van der Waals surface area contributed by atoms with Gasteiger partial charge in [0.05, 0.1) is 12.2 Å². The van der Waals surface area contributed by atoms with Crippen molar-refractivity contribution in [2.24, 2.45) is 0 Å². The first-order valence-corrected chi connectivity index (χ1v) is 8.22. The van der Waals surface area contributed by atoms with Gasteiger partial charge in [0.25, 0.3) is 0 Å². The molecule has 1 saturated carbocycles. The molecule has 0 aliphatic heterocycles. The number of hydrogen-bond donors (Lipinski definition) is 1. The van der Waals surface area contributed by atoms with E-state index in [9.17, 15) is 0 Å². The van der Waals surface area contributed by atoms with Crippen molar-refractivity contribution in [2.45, 2.75) is 57.7 Å². The zero-order valence-electron chi connectivity index (χ0n) is 12.5. The Bertz CT molecular complexity index is 400. The summed E-state index contributed by atoms with van der Waals surface area (Å²) in [5.74, 6) is 0. The third kappa shape index (κ3) is 4.47. The summed E-state index contributed by atoms with van der Waals surface area (Å²) in [6.07, 6.45) is 7.53. The van der Waals surface area contributed by atoms with E-state index < -0.39 is 0 Å². The fraction of sp³-hybridized carbons (Fsp3) is 0.647. The van der Waals surface area contributed by atoms with Crippen molar-refractivity contribution in [2.75, 3.05) is 13.1 Å². The zero-order chi connectivity index (χ0) is 14.3. The summed E-state index contributed by atoms with van der Waals surface area (Å²) in [4.78, 5) is 0. The summed E-state index contributed by atoms with van der Waals surface area (Å²) >= 11 is 6.23. The Morgan fingerprint density at radius 3 is 2.50 bits per heavy atom. The molecule has 2 nitrogen and oxygen atoms in total. The van der Waals surface area contributed by atoms with E-state index in [-0.39, 0.29) is 5.60 Å². The first-order valence-electron chi connectivity index (χ1n) is 7.84. The summed E-state index contributed by atoms with van der Waals surface area (Å²) in [6, 6.07) is 7.98. The second kappa shape index (κ2) is 8.02. The second-order valence-electron chi connectivity index (χ2n) is 5.76. The van der Waals surface area contributed by atoms with Gasteiger partial charge in [0.15, 0.2) is 0 Å². The van der Waals surface area contributed by atoms with E-state index in [4.69, 9.17) is 16.3 Å². The molecular formula is C17H26ClNO. The van der Waals surface area contributed by atoms with E-state index in [1.807, 2.05) is 18.2 Å². The van der Waals surface area contributed by atoms with Crippen molar-refractivity contribution in [3.05, 3.63) is 34.9 Å². The number of hydrogen-bond acceptors (Lipinski definition) is 2. The van der Waals surface area contributed by atoms with Gasteiger partial charge in [0.2, 0.25) is 0 Å². The number of likely N-dealkylation sites (N-methyl/N-ethyl adjacent to an activating group) is 1. The predicted molar refractivity (Wildman–Crippen MR) is 85.2 cm³/mol. The number of ether oxygens (including phenoxy) is 1. The van der Waals surface area contributed by atoms with Gasteiger partial charge in [-0.05, 0) is 31.0 Å². The molecule has 2 rings (SSSR count). The molecule has 0 amide bonds. The molecule has 0 atom stereocenters. The molecule has 1 aromatic rings. The Labute approximate surface area is 127 Å². The molecule has 20 heavy (non-hydrogen) atoms. The van der Waals surface area contributed by atoms with Gasteiger partial charge in [-0.25, -0.2) is 0 Å². The van der Waals surface area contributed by atoms with E-state index in [2.05, 4.69) is 18.3 Å². The Morgan fingerprint density at radius 2 is 1.85 bits per heavy atom. The molecule has 0 aromatic heterocycles. The van der Waals surface area contributed by atoms with E-state index in [0.717, 1.165) is 36.5 Å². The standard InChI is InChI=1S/C17H26ClNO/c1-2-19-14-17(11-7-3-4-8-12-17)20-13-15-9-5-6-10-16(15)18/h5-6,9-10,19H,2-4,7-8,11-14H2,1H3. The van der Waals surface area contributed by atoms with Crippen molar-refractivity contribution < 1.29 is 4.74 Å². The van der Waals surface area contributed by atoms with Gasteiger partial charge in [0.1, 0.15) is 0 Å². The maximum atomic E-state index is 6.37. The van der Waals surface area contributed by atoms with Gasteiger partial charge in [-0.15, -0.1) is 0 Å². The molecule has 1 N–H and O–H groups in total. The van der Waals surface area contributed by atoms with Crippen molar-refractivity contribution in [1.29, 1.82) is 0 Å². The van der Waals surface area contributed by atoms with Crippen LogP contribution < -0.4 is 5.32 Å². The Kier molecular flexibility index (Phi) is 6.34. The molecule has 0 radical (unpaired) electrons. The van der Waals surface area contributed by atoms with Gasteiger partial charge in [-0.3, -0.25) is 0 Å². The van der Waals surface area contributed by atoms with Crippen LogP contribution >= 0.6 is 11.6 Å². The minimum absolute atomic E-state index is 0.00825. The van der Waals surface area contributed by atoms with E-state index in [1.54, 1.807) is 0 Å². The molecule has 0 heterocycles. The fourth-order valence-corrected chi connectivity index (χ4v) is 3.13. The Balaban J connectivity index is 2.01. The van der Waals surface area contributed by atoms with Crippen molar-refractivity contribution in [1.82, 2.24) is 5.32 Å². The summed E-state index contributed by atoms with van der Waals surface area (Å²) in [5, 5.41) is 4.28. The van der Waals surface area contributed by atoms with Gasteiger partial charge in [-0.1, -0.05) is 62.4 Å². The highest BCUT2D eigenvalue weighted by molar-refractivity contribution is 6.31. The molecule has 1 aliphatic rings. The number of halogens is 1. The van der Waals surface area contributed by atoms with Gasteiger partial charge < -0.3 is 10.1 Å². The molecular weight excluding hydrogens is 270 g/mol. The van der Waals surface area contributed by atoms with Gasteiger partial charge in [0, 0.05) is 11.6 Å². The quantitative estimate of drug-likeness (QED) is 0.777. The second-order valence-corrected chi connectivity index (χ2v) is 6.16. The Hall–Kier alpha value is -0.570. The fourth-order valence-electron chi connectivity index (χ4n) is 2.94. The monoisotopic (exact) mass is 295 g/mol. The first kappa shape index (κ1) is 15.8. The highest BCUT2D eigenvalue weighted by Gasteiger charge is 2.31. The molecule has 0 unspecified atom stereocenters. The average molecular weight is 296 g/mol. The van der Waals surface area contributed by atoms with E-state index >= 15 is 0 Å². The smallest absolute Gasteiger partial charge is 0.0810 e. The minimum Gasteiger partial charge on any atom is -0.369 e. The van der Waals surface area contributed by atoms with Crippen LogP contribution in [0.15, 0.2) is 24.3 Å². The summed E-state index contributed by atoms with van der Waals surface area (Å²) in [6.45, 7) is 4.72. The number of nitrogens with one attached hydrogen (secondary N) is 1. The van der Waals surface area contributed by atoms with E-state index in [0.29, 0.717) is 6.61 Å². The molecule has 3 heteroatoms. The molecule has 112 valence electrons. The molecule has 1 aliphatic carbocycles. The first-order chi connectivity index (χ1) is 9.76. The van der Waals surface area contributed by atoms with Crippen molar-refractivity contribution >= 4 is 11.6 Å². The highest BCUT2D eigenvalue weighted by atomic mass is 35.5. The van der Waals surface area contributed by atoms with Crippen LogP contribution in [0.1, 0.15) is 51.0 Å². The SMILES string of the molecule is CCNCC1(OCc2ccccc2Cl)CCCCCC1. The Morgan fingerprint density at radius 1 is 1.15 bits per heavy atom. The summed E-state index contributed by atoms with van der Waals surface area (Å²) in [5.41, 5.74) is 1.08. The van der Waals surface area contributed by atoms with Gasteiger partial charge in [-0.2, -0.15) is 0 Å². The molecule has 1 fully saturated rings. The third-order valence-corrected chi connectivity index (χ3v) is 4.57. The summed E-state index contributed by atoms with van der Waals surface area (Å²) in [7, 11) is 0. The van der Waals surface area contributed by atoms with Crippen LogP contribution in [-0.2, 0) is 11.3 Å². The lowest BCUT2D eigenvalue weighted by Crippen LogP contribution is -2.42. The van der Waals surface area contributed by atoms with Crippen molar-refractivity contribution in [3.8, 4) is 0 Å². The molecule has 1 aromatic carbocycles. The summed E-state index contributed by atoms with van der Waals surface area (Å²) < 4.78 is 6.37. The average Bonchev–Trinajstić information content (AvgIpc) is 2.71.